The molecule has 90 valence electrons. The molecule has 7 heteroatoms. The normalized spacial score (nSPS) is 12.4. The molecule has 0 saturated heterocycles. The van der Waals surface area contributed by atoms with Crippen LogP contribution in [0.5, 0.6) is 5.75 Å². The van der Waals surface area contributed by atoms with Gasteiger partial charge >= 0.3 is 0 Å². The van der Waals surface area contributed by atoms with Crippen molar-refractivity contribution in [3.63, 3.8) is 0 Å². The molecule has 7 nitrogen and oxygen atoms in total. The summed E-state index contributed by atoms with van der Waals surface area (Å²) in [6, 6.07) is 0. The second-order valence-electron chi connectivity index (χ2n) is 3.29. The molecule has 2 rings (SSSR count). The maximum Gasteiger partial charge on any atom is 0.264 e. The largest absolute Gasteiger partial charge is 0.481 e. The fraction of sp³-hybridized carbons (Fsp3) is 0.400. The predicted octanol–water partition coefficient (Wildman–Crippen LogP) is 1.15. The molecular weight excluding hydrogens is 224 g/mol. The van der Waals surface area contributed by atoms with E-state index in [1.807, 2.05) is 6.92 Å². The van der Waals surface area contributed by atoms with Crippen molar-refractivity contribution in [3.8, 4) is 5.75 Å². The van der Waals surface area contributed by atoms with E-state index >= 15 is 0 Å². The highest BCUT2D eigenvalue weighted by atomic mass is 16.5. The van der Waals surface area contributed by atoms with E-state index in [1.54, 1.807) is 19.5 Å². The molecule has 0 amide bonds. The lowest BCUT2D eigenvalue weighted by molar-refractivity contribution is 0.109. The van der Waals surface area contributed by atoms with Gasteiger partial charge in [0.15, 0.2) is 18.2 Å². The maximum absolute atomic E-state index is 5.36. The first kappa shape index (κ1) is 11.5. The number of methoxy groups -OCH3 is 1. The van der Waals surface area contributed by atoms with Gasteiger partial charge in [0, 0.05) is 7.11 Å². The molecule has 1 atom stereocenters. The zero-order valence-corrected chi connectivity index (χ0v) is 9.53. The Labute approximate surface area is 97.8 Å². The highest BCUT2D eigenvalue weighted by Crippen LogP contribution is 2.13. The summed E-state index contributed by atoms with van der Waals surface area (Å²) in [5, 5.41) is 3.78. The monoisotopic (exact) mass is 236 g/mol. The van der Waals surface area contributed by atoms with E-state index in [9.17, 15) is 0 Å². The summed E-state index contributed by atoms with van der Waals surface area (Å²) in [5.74, 6) is 1.43. The minimum Gasteiger partial charge on any atom is -0.481 e. The van der Waals surface area contributed by atoms with Crippen LogP contribution in [0, 0.1) is 0 Å². The van der Waals surface area contributed by atoms with Crippen LogP contribution < -0.4 is 4.74 Å². The van der Waals surface area contributed by atoms with Crippen LogP contribution in [0.1, 0.15) is 24.7 Å². The second kappa shape index (κ2) is 5.35. The van der Waals surface area contributed by atoms with Crippen molar-refractivity contribution < 1.29 is 14.0 Å². The quantitative estimate of drug-likeness (QED) is 0.769. The number of ether oxygens (including phenoxy) is 2. The molecule has 0 spiro atoms. The van der Waals surface area contributed by atoms with E-state index in [4.69, 9.17) is 14.0 Å². The Morgan fingerprint density at radius 1 is 1.35 bits per heavy atom. The summed E-state index contributed by atoms with van der Waals surface area (Å²) in [6.45, 7) is 2.01. The summed E-state index contributed by atoms with van der Waals surface area (Å²) < 4.78 is 15.4. The fourth-order valence-corrected chi connectivity index (χ4v) is 1.10. The highest BCUT2D eigenvalue weighted by Gasteiger charge is 2.13. The number of rotatable bonds is 5. The van der Waals surface area contributed by atoms with Crippen molar-refractivity contribution in [2.75, 3.05) is 7.11 Å². The van der Waals surface area contributed by atoms with Gasteiger partial charge in [0.2, 0.25) is 0 Å². The molecule has 0 aliphatic rings. The summed E-state index contributed by atoms with van der Waals surface area (Å²) in [6.07, 6.45) is 4.34. The molecular formula is C10H12N4O3. The van der Waals surface area contributed by atoms with Crippen LogP contribution >= 0.6 is 0 Å². The van der Waals surface area contributed by atoms with Gasteiger partial charge in [-0.15, -0.1) is 0 Å². The average Bonchev–Trinajstić information content (AvgIpc) is 2.85. The zero-order chi connectivity index (χ0) is 12.1. The number of nitrogens with zero attached hydrogens (tertiary/aromatic N) is 4. The minimum atomic E-state index is -0.201. The zero-order valence-electron chi connectivity index (χ0n) is 9.53. The van der Waals surface area contributed by atoms with E-state index in [0.29, 0.717) is 17.5 Å². The van der Waals surface area contributed by atoms with Gasteiger partial charge in [-0.25, -0.2) is 9.97 Å². The minimum absolute atomic E-state index is 0.177. The summed E-state index contributed by atoms with van der Waals surface area (Å²) in [5.41, 5.74) is 0. The molecule has 0 N–H and O–H groups in total. The first-order valence-corrected chi connectivity index (χ1v) is 5.02. The molecule has 2 aromatic rings. The lowest BCUT2D eigenvalue weighted by Crippen LogP contribution is -2.00. The molecule has 0 fully saturated rings. The SMILES string of the molecule is COC(C)c1noc(COc2cncnc2)n1. The Bertz CT molecular complexity index is 460. The lowest BCUT2D eigenvalue weighted by Gasteiger charge is -2.01. The Balaban J connectivity index is 1.94. The van der Waals surface area contributed by atoms with Gasteiger partial charge in [0.25, 0.3) is 5.89 Å². The topological polar surface area (TPSA) is 83.2 Å². The summed E-state index contributed by atoms with van der Waals surface area (Å²) in [7, 11) is 1.58. The molecule has 0 bridgehead atoms. The predicted molar refractivity (Wildman–Crippen MR) is 56.1 cm³/mol. The Hall–Kier alpha value is -2.02. The van der Waals surface area contributed by atoms with Crippen molar-refractivity contribution in [2.45, 2.75) is 19.6 Å². The van der Waals surface area contributed by atoms with Gasteiger partial charge in [-0.05, 0) is 6.92 Å². The molecule has 2 heterocycles. The maximum atomic E-state index is 5.36. The molecule has 0 aliphatic carbocycles. The summed E-state index contributed by atoms with van der Waals surface area (Å²) >= 11 is 0. The first-order chi connectivity index (χ1) is 8.29. The Kier molecular flexibility index (Phi) is 3.61. The third-order valence-corrected chi connectivity index (χ3v) is 2.10. The number of hydrogen-bond acceptors (Lipinski definition) is 7. The van der Waals surface area contributed by atoms with Crippen LogP contribution in [0.15, 0.2) is 23.2 Å². The van der Waals surface area contributed by atoms with Crippen molar-refractivity contribution in [1.29, 1.82) is 0 Å². The van der Waals surface area contributed by atoms with Crippen LogP contribution in [0.25, 0.3) is 0 Å². The van der Waals surface area contributed by atoms with Gasteiger partial charge in [-0.1, -0.05) is 5.16 Å². The van der Waals surface area contributed by atoms with E-state index in [0.717, 1.165) is 0 Å². The van der Waals surface area contributed by atoms with Crippen molar-refractivity contribution in [3.05, 3.63) is 30.4 Å². The standard InChI is InChI=1S/C10H12N4O3/c1-7(15-2)10-13-9(17-14-10)5-16-8-3-11-6-12-4-8/h3-4,6-7H,5H2,1-2H3. The van der Waals surface area contributed by atoms with Gasteiger partial charge < -0.3 is 14.0 Å². The van der Waals surface area contributed by atoms with E-state index < -0.39 is 0 Å². The van der Waals surface area contributed by atoms with E-state index in [2.05, 4.69) is 20.1 Å². The second-order valence-corrected chi connectivity index (χ2v) is 3.29. The first-order valence-electron chi connectivity index (χ1n) is 5.02. The molecule has 0 saturated carbocycles. The molecule has 1 unspecified atom stereocenters. The lowest BCUT2D eigenvalue weighted by atomic mass is 10.4. The average molecular weight is 236 g/mol. The highest BCUT2D eigenvalue weighted by molar-refractivity contribution is 5.10. The van der Waals surface area contributed by atoms with Gasteiger partial charge in [-0.2, -0.15) is 4.98 Å². The van der Waals surface area contributed by atoms with Crippen molar-refractivity contribution in [2.24, 2.45) is 0 Å². The molecule has 0 aliphatic heterocycles. The van der Waals surface area contributed by atoms with E-state index in [1.165, 1.54) is 6.33 Å². The Morgan fingerprint density at radius 3 is 2.82 bits per heavy atom. The number of aromatic nitrogens is 4. The number of hydrogen-bond donors (Lipinski definition) is 0. The van der Waals surface area contributed by atoms with Gasteiger partial charge in [0.05, 0.1) is 12.4 Å². The van der Waals surface area contributed by atoms with Crippen molar-refractivity contribution >= 4 is 0 Å². The van der Waals surface area contributed by atoms with Crippen LogP contribution in [-0.2, 0) is 11.3 Å². The van der Waals surface area contributed by atoms with Crippen molar-refractivity contribution in [1.82, 2.24) is 20.1 Å². The van der Waals surface area contributed by atoms with Crippen LogP contribution in [-0.4, -0.2) is 27.2 Å². The summed E-state index contributed by atoms with van der Waals surface area (Å²) in [4.78, 5) is 11.8. The third-order valence-electron chi connectivity index (χ3n) is 2.10. The van der Waals surface area contributed by atoms with Gasteiger partial charge in [-0.3, -0.25) is 0 Å². The van der Waals surface area contributed by atoms with Crippen LogP contribution in [0.3, 0.4) is 0 Å². The Morgan fingerprint density at radius 2 is 2.12 bits per heavy atom. The third kappa shape index (κ3) is 2.97. The fourth-order valence-electron chi connectivity index (χ4n) is 1.10. The molecule has 2 aromatic heterocycles. The van der Waals surface area contributed by atoms with E-state index in [-0.39, 0.29) is 12.7 Å². The molecule has 17 heavy (non-hydrogen) atoms. The van der Waals surface area contributed by atoms with Crippen LogP contribution in [0.2, 0.25) is 0 Å². The van der Waals surface area contributed by atoms with Gasteiger partial charge in [0.1, 0.15) is 12.4 Å². The molecule has 0 aromatic carbocycles. The molecule has 0 radical (unpaired) electrons. The van der Waals surface area contributed by atoms with Crippen LogP contribution in [0.4, 0.5) is 0 Å². The smallest absolute Gasteiger partial charge is 0.264 e.